The summed E-state index contributed by atoms with van der Waals surface area (Å²) in [7, 11) is 0. The van der Waals surface area contributed by atoms with Crippen LogP contribution >= 0.6 is 0 Å². The standard InChI is InChI=1S/C13H21N3O2/c1-10(2)16(8-7-13(14)15-18)9-11-3-5-12(17)6-4-11/h3-6,10,17-18H,7-9H2,1-2H3,(H2,14,15). The molecule has 0 saturated heterocycles. The third-order valence-electron chi connectivity index (χ3n) is 2.84. The van der Waals surface area contributed by atoms with Crippen LogP contribution in [0.1, 0.15) is 25.8 Å². The van der Waals surface area contributed by atoms with E-state index >= 15 is 0 Å². The highest BCUT2D eigenvalue weighted by Crippen LogP contribution is 2.13. The summed E-state index contributed by atoms with van der Waals surface area (Å²) in [5, 5.41) is 20.7. The third-order valence-corrected chi connectivity index (χ3v) is 2.84. The van der Waals surface area contributed by atoms with Crippen molar-refractivity contribution < 1.29 is 10.3 Å². The van der Waals surface area contributed by atoms with E-state index in [0.717, 1.165) is 18.7 Å². The molecule has 0 unspecified atom stereocenters. The van der Waals surface area contributed by atoms with Gasteiger partial charge in [0.05, 0.1) is 0 Å². The Balaban J connectivity index is 2.60. The Morgan fingerprint density at radius 3 is 2.44 bits per heavy atom. The van der Waals surface area contributed by atoms with Gasteiger partial charge in [0.2, 0.25) is 0 Å². The maximum absolute atomic E-state index is 9.23. The van der Waals surface area contributed by atoms with Gasteiger partial charge in [-0.05, 0) is 31.5 Å². The van der Waals surface area contributed by atoms with Crippen LogP contribution in [-0.4, -0.2) is 33.6 Å². The van der Waals surface area contributed by atoms with E-state index in [1.54, 1.807) is 12.1 Å². The van der Waals surface area contributed by atoms with Crippen molar-refractivity contribution in [2.45, 2.75) is 32.9 Å². The Bertz CT molecular complexity index is 388. The Morgan fingerprint density at radius 1 is 1.33 bits per heavy atom. The van der Waals surface area contributed by atoms with Crippen LogP contribution in [-0.2, 0) is 6.54 Å². The van der Waals surface area contributed by atoms with E-state index < -0.39 is 0 Å². The number of phenolic OH excluding ortho intramolecular Hbond substituents is 1. The Hall–Kier alpha value is -1.75. The minimum atomic E-state index is 0.242. The fourth-order valence-electron chi connectivity index (χ4n) is 1.66. The predicted molar refractivity (Wildman–Crippen MR) is 71.7 cm³/mol. The number of hydrogen-bond acceptors (Lipinski definition) is 4. The number of phenols is 1. The van der Waals surface area contributed by atoms with Gasteiger partial charge in [0.1, 0.15) is 11.6 Å². The van der Waals surface area contributed by atoms with Gasteiger partial charge >= 0.3 is 0 Å². The highest BCUT2D eigenvalue weighted by molar-refractivity contribution is 5.79. The minimum Gasteiger partial charge on any atom is -0.508 e. The van der Waals surface area contributed by atoms with Gasteiger partial charge in [-0.2, -0.15) is 0 Å². The zero-order chi connectivity index (χ0) is 13.5. The minimum absolute atomic E-state index is 0.242. The van der Waals surface area contributed by atoms with Gasteiger partial charge in [-0.25, -0.2) is 0 Å². The van der Waals surface area contributed by atoms with E-state index in [1.807, 2.05) is 12.1 Å². The molecule has 0 aliphatic heterocycles. The summed E-state index contributed by atoms with van der Waals surface area (Å²) in [5.74, 6) is 0.512. The van der Waals surface area contributed by atoms with Crippen LogP contribution in [0.2, 0.25) is 0 Å². The van der Waals surface area contributed by atoms with Gasteiger partial charge in [0, 0.05) is 25.6 Å². The number of benzene rings is 1. The maximum atomic E-state index is 9.23. The first-order valence-electron chi connectivity index (χ1n) is 6.01. The van der Waals surface area contributed by atoms with E-state index in [9.17, 15) is 5.11 Å². The molecule has 0 fully saturated rings. The van der Waals surface area contributed by atoms with Crippen molar-refractivity contribution in [1.82, 2.24) is 4.90 Å². The number of oxime groups is 1. The first-order chi connectivity index (χ1) is 8.52. The predicted octanol–water partition coefficient (Wildman–Crippen LogP) is 1.74. The lowest BCUT2D eigenvalue weighted by Gasteiger charge is -2.26. The molecule has 0 saturated carbocycles. The van der Waals surface area contributed by atoms with Gasteiger partial charge in [-0.3, -0.25) is 4.90 Å². The van der Waals surface area contributed by atoms with E-state index in [-0.39, 0.29) is 11.6 Å². The molecule has 5 heteroatoms. The molecule has 0 aliphatic carbocycles. The zero-order valence-corrected chi connectivity index (χ0v) is 10.9. The van der Waals surface area contributed by atoms with Crippen LogP contribution < -0.4 is 5.73 Å². The SMILES string of the molecule is CC(C)N(CCC(N)=NO)Cc1ccc(O)cc1. The van der Waals surface area contributed by atoms with Gasteiger partial charge in [-0.1, -0.05) is 17.3 Å². The van der Waals surface area contributed by atoms with Crippen molar-refractivity contribution in [3.63, 3.8) is 0 Å². The lowest BCUT2D eigenvalue weighted by molar-refractivity contribution is 0.217. The van der Waals surface area contributed by atoms with Crippen molar-refractivity contribution >= 4 is 5.84 Å². The van der Waals surface area contributed by atoms with Crippen LogP contribution in [0.5, 0.6) is 5.75 Å². The lowest BCUT2D eigenvalue weighted by Crippen LogP contribution is -2.33. The second kappa shape index (κ2) is 6.86. The number of hydrogen-bond donors (Lipinski definition) is 3. The molecule has 1 aromatic rings. The summed E-state index contributed by atoms with van der Waals surface area (Å²) < 4.78 is 0. The van der Waals surface area contributed by atoms with Crippen molar-refractivity contribution in [2.75, 3.05) is 6.54 Å². The molecule has 1 rings (SSSR count). The van der Waals surface area contributed by atoms with Gasteiger partial charge in [0.15, 0.2) is 0 Å². The summed E-state index contributed by atoms with van der Waals surface area (Å²) in [6.07, 6.45) is 0.534. The van der Waals surface area contributed by atoms with Crippen molar-refractivity contribution in [3.05, 3.63) is 29.8 Å². The fourth-order valence-corrected chi connectivity index (χ4v) is 1.66. The molecule has 0 heterocycles. The van der Waals surface area contributed by atoms with Crippen LogP contribution in [0.25, 0.3) is 0 Å². The molecule has 0 bridgehead atoms. The van der Waals surface area contributed by atoms with Gasteiger partial charge < -0.3 is 16.0 Å². The van der Waals surface area contributed by atoms with Crippen molar-refractivity contribution in [2.24, 2.45) is 10.9 Å². The van der Waals surface area contributed by atoms with E-state index in [2.05, 4.69) is 23.9 Å². The molecule has 0 spiro atoms. The largest absolute Gasteiger partial charge is 0.508 e. The van der Waals surface area contributed by atoms with E-state index in [4.69, 9.17) is 10.9 Å². The number of nitrogens with two attached hydrogens (primary N) is 1. The molecule has 0 amide bonds. The zero-order valence-electron chi connectivity index (χ0n) is 10.9. The first-order valence-corrected chi connectivity index (χ1v) is 6.01. The topological polar surface area (TPSA) is 82.1 Å². The number of amidine groups is 1. The highest BCUT2D eigenvalue weighted by Gasteiger charge is 2.10. The van der Waals surface area contributed by atoms with Gasteiger partial charge in [0.25, 0.3) is 0 Å². The first kappa shape index (κ1) is 14.3. The number of aromatic hydroxyl groups is 1. The Morgan fingerprint density at radius 2 is 1.94 bits per heavy atom. The normalized spacial score (nSPS) is 12.3. The molecular formula is C13H21N3O2. The second-order valence-corrected chi connectivity index (χ2v) is 4.57. The second-order valence-electron chi connectivity index (χ2n) is 4.57. The fraction of sp³-hybridized carbons (Fsp3) is 0.462. The molecule has 0 aliphatic rings. The maximum Gasteiger partial charge on any atom is 0.140 e. The summed E-state index contributed by atoms with van der Waals surface area (Å²) >= 11 is 0. The van der Waals surface area contributed by atoms with E-state index in [0.29, 0.717) is 12.5 Å². The van der Waals surface area contributed by atoms with Crippen LogP contribution in [0.15, 0.2) is 29.4 Å². The molecule has 0 radical (unpaired) electrons. The highest BCUT2D eigenvalue weighted by atomic mass is 16.4. The summed E-state index contributed by atoms with van der Waals surface area (Å²) in [6, 6.07) is 7.52. The van der Waals surface area contributed by atoms with Crippen LogP contribution in [0.3, 0.4) is 0 Å². The third kappa shape index (κ3) is 4.63. The molecule has 100 valence electrons. The average Bonchev–Trinajstić information content (AvgIpc) is 2.35. The van der Waals surface area contributed by atoms with E-state index in [1.165, 1.54) is 0 Å². The Labute approximate surface area is 108 Å². The molecule has 0 atom stereocenters. The Kier molecular flexibility index (Phi) is 5.45. The quantitative estimate of drug-likeness (QED) is 0.311. The average molecular weight is 251 g/mol. The lowest BCUT2D eigenvalue weighted by atomic mass is 10.1. The molecule has 1 aromatic carbocycles. The number of nitrogens with zero attached hydrogens (tertiary/aromatic N) is 2. The van der Waals surface area contributed by atoms with Crippen molar-refractivity contribution in [3.8, 4) is 5.75 Å². The molecule has 5 nitrogen and oxygen atoms in total. The van der Waals surface area contributed by atoms with Crippen molar-refractivity contribution in [1.29, 1.82) is 0 Å². The molecular weight excluding hydrogens is 230 g/mol. The number of rotatable bonds is 6. The van der Waals surface area contributed by atoms with Gasteiger partial charge in [-0.15, -0.1) is 0 Å². The van der Waals surface area contributed by atoms with Crippen LogP contribution in [0, 0.1) is 0 Å². The molecule has 4 N–H and O–H groups in total. The summed E-state index contributed by atoms with van der Waals surface area (Å²) in [4.78, 5) is 2.23. The molecule has 0 aromatic heterocycles. The summed E-state index contributed by atoms with van der Waals surface area (Å²) in [6.45, 7) is 5.71. The molecule has 18 heavy (non-hydrogen) atoms. The smallest absolute Gasteiger partial charge is 0.140 e. The summed E-state index contributed by atoms with van der Waals surface area (Å²) in [5.41, 5.74) is 6.60. The van der Waals surface area contributed by atoms with Crippen LogP contribution in [0.4, 0.5) is 0 Å². The monoisotopic (exact) mass is 251 g/mol.